The summed E-state index contributed by atoms with van der Waals surface area (Å²) in [5.41, 5.74) is 1.90. The molecule has 5 nitrogen and oxygen atoms in total. The minimum absolute atomic E-state index is 0.00282. The Morgan fingerprint density at radius 1 is 1.06 bits per heavy atom. The number of aromatic nitrogens is 2. The van der Waals surface area contributed by atoms with Crippen molar-refractivity contribution in [3.8, 4) is 5.75 Å². The highest BCUT2D eigenvalue weighted by molar-refractivity contribution is 9.10. The monoisotopic (exact) mass is 577 g/mol. The molecule has 0 atom stereocenters. The first kappa shape index (κ1) is 24.7. The van der Waals surface area contributed by atoms with Crippen LogP contribution in [0.1, 0.15) is 36.7 Å². The lowest BCUT2D eigenvalue weighted by atomic mass is 10.2. The highest BCUT2D eigenvalue weighted by atomic mass is 79.9. The number of benzene rings is 3. The van der Waals surface area contributed by atoms with E-state index in [0.717, 1.165) is 10.0 Å². The zero-order chi connectivity index (χ0) is 24.4. The van der Waals surface area contributed by atoms with Gasteiger partial charge in [-0.2, -0.15) is 9.78 Å². The third kappa shape index (κ3) is 5.47. The lowest BCUT2D eigenvalue weighted by Gasteiger charge is -2.12. The van der Waals surface area contributed by atoms with Gasteiger partial charge >= 0.3 is 0 Å². The number of fused-ring (bicyclic) bond motifs is 1. The molecule has 0 aliphatic carbocycles. The van der Waals surface area contributed by atoms with Crippen LogP contribution in [0.25, 0.3) is 10.9 Å². The summed E-state index contributed by atoms with van der Waals surface area (Å²) in [7, 11) is 0. The van der Waals surface area contributed by atoms with E-state index in [1.165, 1.54) is 4.68 Å². The number of rotatable bonds is 6. The number of hydrogen-bond donors (Lipinski definition) is 0. The Morgan fingerprint density at radius 2 is 1.85 bits per heavy atom. The second-order valence-corrected chi connectivity index (χ2v) is 10.0. The quantitative estimate of drug-likeness (QED) is 0.220. The summed E-state index contributed by atoms with van der Waals surface area (Å²) in [6.45, 7) is 4.18. The Balaban J connectivity index is 1.60. The molecule has 0 N–H and O–H groups in total. The molecule has 0 amide bonds. The number of nitrogens with zero attached hydrogens (tertiary/aromatic N) is 3. The zero-order valence-corrected chi connectivity index (χ0v) is 22.1. The molecule has 0 bridgehead atoms. The van der Waals surface area contributed by atoms with E-state index < -0.39 is 0 Å². The second kappa shape index (κ2) is 10.5. The van der Waals surface area contributed by atoms with Gasteiger partial charge in [-0.25, -0.2) is 4.98 Å². The van der Waals surface area contributed by atoms with Gasteiger partial charge in [0.2, 0.25) is 0 Å². The van der Waals surface area contributed by atoms with Crippen molar-refractivity contribution in [2.45, 2.75) is 26.4 Å². The molecule has 0 aliphatic heterocycles. The van der Waals surface area contributed by atoms with E-state index >= 15 is 0 Å². The SMILES string of the molecule is CC(C)c1nc2ccc(Br)cc2c(=O)n1N=Cc1ccc(OCc2ccc(Cl)cc2Cl)c(Cl)c1. The fourth-order valence-corrected chi connectivity index (χ4v) is 4.35. The number of ether oxygens (including phenoxy) is 1. The second-order valence-electron chi connectivity index (χ2n) is 7.86. The topological polar surface area (TPSA) is 56.5 Å². The molecule has 4 aromatic rings. The van der Waals surface area contributed by atoms with Crippen LogP contribution in [0.15, 0.2) is 69.0 Å². The fraction of sp³-hybridized carbons (Fsp3) is 0.160. The molecule has 9 heteroatoms. The van der Waals surface area contributed by atoms with Gasteiger partial charge in [0.15, 0.2) is 0 Å². The van der Waals surface area contributed by atoms with Crippen molar-refractivity contribution >= 4 is 67.9 Å². The first-order chi connectivity index (χ1) is 16.2. The fourth-order valence-electron chi connectivity index (χ4n) is 3.28. The molecule has 0 spiro atoms. The molecule has 0 saturated carbocycles. The molecule has 4 rings (SSSR count). The maximum Gasteiger partial charge on any atom is 0.282 e. The van der Waals surface area contributed by atoms with Gasteiger partial charge in [-0.05, 0) is 54.1 Å². The lowest BCUT2D eigenvalue weighted by Crippen LogP contribution is -2.23. The summed E-state index contributed by atoms with van der Waals surface area (Å²) < 4.78 is 7.95. The molecule has 0 unspecified atom stereocenters. The third-order valence-corrected chi connectivity index (χ3v) is 6.40. The van der Waals surface area contributed by atoms with Crippen LogP contribution in [0, 0.1) is 0 Å². The van der Waals surface area contributed by atoms with Crippen LogP contribution < -0.4 is 10.3 Å². The number of hydrogen-bond acceptors (Lipinski definition) is 4. The van der Waals surface area contributed by atoms with Crippen molar-refractivity contribution in [2.24, 2.45) is 5.10 Å². The zero-order valence-electron chi connectivity index (χ0n) is 18.2. The Morgan fingerprint density at radius 3 is 2.56 bits per heavy atom. The predicted octanol–water partition coefficient (Wildman–Crippen LogP) is 7.70. The molecular weight excluding hydrogens is 561 g/mol. The largest absolute Gasteiger partial charge is 0.487 e. The molecule has 34 heavy (non-hydrogen) atoms. The minimum atomic E-state index is -0.239. The van der Waals surface area contributed by atoms with Gasteiger partial charge in [0.25, 0.3) is 5.56 Å². The smallest absolute Gasteiger partial charge is 0.282 e. The van der Waals surface area contributed by atoms with E-state index in [1.807, 2.05) is 26.0 Å². The lowest BCUT2D eigenvalue weighted by molar-refractivity contribution is 0.306. The molecule has 0 radical (unpaired) electrons. The van der Waals surface area contributed by atoms with Gasteiger partial charge in [-0.1, -0.05) is 70.6 Å². The predicted molar refractivity (Wildman–Crippen MR) is 143 cm³/mol. The molecule has 0 fully saturated rings. The summed E-state index contributed by atoms with van der Waals surface area (Å²) >= 11 is 22.0. The number of halogens is 4. The van der Waals surface area contributed by atoms with Crippen molar-refractivity contribution in [1.82, 2.24) is 9.66 Å². The Labute approximate surface area is 220 Å². The van der Waals surface area contributed by atoms with Crippen LogP contribution in [-0.2, 0) is 6.61 Å². The highest BCUT2D eigenvalue weighted by Gasteiger charge is 2.14. The Hall–Kier alpha value is -2.38. The van der Waals surface area contributed by atoms with E-state index in [9.17, 15) is 4.79 Å². The third-order valence-electron chi connectivity index (χ3n) is 5.03. The van der Waals surface area contributed by atoms with Crippen molar-refractivity contribution in [2.75, 3.05) is 0 Å². The molecule has 3 aromatic carbocycles. The van der Waals surface area contributed by atoms with Crippen molar-refractivity contribution in [1.29, 1.82) is 0 Å². The summed E-state index contributed by atoms with van der Waals surface area (Å²) in [6, 6.07) is 15.9. The average molecular weight is 580 g/mol. The van der Waals surface area contributed by atoms with Crippen molar-refractivity contribution in [3.05, 3.63) is 101 Å². The van der Waals surface area contributed by atoms with E-state index in [2.05, 4.69) is 26.0 Å². The normalized spacial score (nSPS) is 11.6. The molecular formula is C25H19BrCl3N3O2. The van der Waals surface area contributed by atoms with Gasteiger partial charge in [-0.3, -0.25) is 4.79 Å². The standard InChI is InChI=1S/C25H19BrCl3N3O2/c1-14(2)24-31-22-7-5-17(26)10-19(22)25(33)32(24)30-12-15-3-8-23(21(29)9-15)34-13-16-4-6-18(27)11-20(16)28/h3-12,14H,13H2,1-2H3. The molecule has 0 aliphatic rings. The summed E-state index contributed by atoms with van der Waals surface area (Å²) in [6.07, 6.45) is 1.57. The Bertz CT molecular complexity index is 1470. The van der Waals surface area contributed by atoms with Gasteiger partial charge in [0.1, 0.15) is 18.2 Å². The van der Waals surface area contributed by atoms with Crippen LogP contribution >= 0.6 is 50.7 Å². The van der Waals surface area contributed by atoms with E-state index in [4.69, 9.17) is 39.5 Å². The molecule has 0 saturated heterocycles. The van der Waals surface area contributed by atoms with Crippen LogP contribution in [0.5, 0.6) is 5.75 Å². The van der Waals surface area contributed by atoms with E-state index in [1.54, 1.807) is 48.7 Å². The van der Waals surface area contributed by atoms with E-state index in [-0.39, 0.29) is 18.1 Å². The molecule has 1 aromatic heterocycles. The summed E-state index contributed by atoms with van der Waals surface area (Å²) in [5, 5.41) is 6.41. The highest BCUT2D eigenvalue weighted by Crippen LogP contribution is 2.28. The Kier molecular flexibility index (Phi) is 7.63. The first-order valence-corrected chi connectivity index (χ1v) is 12.3. The first-order valence-electron chi connectivity index (χ1n) is 10.4. The average Bonchev–Trinajstić information content (AvgIpc) is 2.79. The van der Waals surface area contributed by atoms with Crippen molar-refractivity contribution < 1.29 is 4.74 Å². The van der Waals surface area contributed by atoms with Gasteiger partial charge in [0, 0.05) is 26.0 Å². The van der Waals surface area contributed by atoms with Crippen LogP contribution in [0.3, 0.4) is 0 Å². The van der Waals surface area contributed by atoms with Gasteiger partial charge < -0.3 is 4.74 Å². The maximum atomic E-state index is 13.1. The van der Waals surface area contributed by atoms with Crippen LogP contribution in [-0.4, -0.2) is 15.9 Å². The van der Waals surface area contributed by atoms with Gasteiger partial charge in [0.05, 0.1) is 22.1 Å². The van der Waals surface area contributed by atoms with Crippen LogP contribution in [0.2, 0.25) is 15.1 Å². The summed E-state index contributed by atoms with van der Waals surface area (Å²) in [4.78, 5) is 17.8. The van der Waals surface area contributed by atoms with Crippen molar-refractivity contribution in [3.63, 3.8) is 0 Å². The summed E-state index contributed by atoms with van der Waals surface area (Å²) in [5.74, 6) is 1.07. The van der Waals surface area contributed by atoms with E-state index in [0.29, 0.717) is 43.1 Å². The van der Waals surface area contributed by atoms with Gasteiger partial charge in [-0.15, -0.1) is 0 Å². The molecule has 174 valence electrons. The maximum absolute atomic E-state index is 13.1. The van der Waals surface area contributed by atoms with Crippen LogP contribution in [0.4, 0.5) is 0 Å². The minimum Gasteiger partial charge on any atom is -0.487 e. The molecule has 1 heterocycles.